The molecule has 13 heavy (non-hydrogen) atoms. The highest BCUT2D eigenvalue weighted by molar-refractivity contribution is 6.79. The standard InChI is InChI=1S/C10H21NOSi/c1-8-9(12)11(5)13(6,7)10(2,3)4/h8H,1H2,2-7H3. The normalized spacial score (nSPS) is 12.5. The van der Waals surface area contributed by atoms with E-state index in [0.717, 1.165) is 0 Å². The van der Waals surface area contributed by atoms with Crippen molar-refractivity contribution >= 4 is 14.1 Å². The molecule has 0 aromatic heterocycles. The molecule has 0 aliphatic heterocycles. The van der Waals surface area contributed by atoms with Gasteiger partial charge >= 0.3 is 0 Å². The van der Waals surface area contributed by atoms with Crippen molar-refractivity contribution in [2.75, 3.05) is 7.05 Å². The lowest BCUT2D eigenvalue weighted by Crippen LogP contribution is -2.55. The van der Waals surface area contributed by atoms with Gasteiger partial charge in [0, 0.05) is 7.05 Å². The van der Waals surface area contributed by atoms with Crippen LogP contribution < -0.4 is 0 Å². The van der Waals surface area contributed by atoms with Crippen LogP contribution in [0.5, 0.6) is 0 Å². The van der Waals surface area contributed by atoms with Crippen LogP contribution in [-0.4, -0.2) is 25.8 Å². The zero-order chi connectivity index (χ0) is 10.9. The molecule has 3 heteroatoms. The molecule has 0 aliphatic carbocycles. The van der Waals surface area contributed by atoms with Crippen molar-refractivity contribution in [3.8, 4) is 0 Å². The fourth-order valence-corrected chi connectivity index (χ4v) is 2.56. The summed E-state index contributed by atoms with van der Waals surface area (Å²) in [7, 11) is 0.197. The molecule has 0 radical (unpaired) electrons. The highest BCUT2D eigenvalue weighted by Gasteiger charge is 2.40. The summed E-state index contributed by atoms with van der Waals surface area (Å²) in [6.07, 6.45) is 1.39. The van der Waals surface area contributed by atoms with Crippen LogP contribution in [0.1, 0.15) is 20.8 Å². The SMILES string of the molecule is C=CC(=O)N(C)[Si](C)(C)C(C)(C)C. The fraction of sp³-hybridized carbons (Fsp3) is 0.700. The Morgan fingerprint density at radius 3 is 2.00 bits per heavy atom. The van der Waals surface area contributed by atoms with Gasteiger partial charge in [-0.05, 0) is 11.1 Å². The van der Waals surface area contributed by atoms with Gasteiger partial charge in [-0.25, -0.2) is 0 Å². The molecule has 0 atom stereocenters. The monoisotopic (exact) mass is 199 g/mol. The van der Waals surface area contributed by atoms with Crippen molar-refractivity contribution in [3.63, 3.8) is 0 Å². The molecular weight excluding hydrogens is 178 g/mol. The second kappa shape index (κ2) is 3.66. The summed E-state index contributed by atoms with van der Waals surface area (Å²) in [5.41, 5.74) is 0. The second-order valence-electron chi connectivity index (χ2n) is 4.91. The maximum absolute atomic E-state index is 11.4. The van der Waals surface area contributed by atoms with E-state index in [1.54, 1.807) is 0 Å². The number of amides is 1. The lowest BCUT2D eigenvalue weighted by Gasteiger charge is -2.43. The van der Waals surface area contributed by atoms with Crippen molar-refractivity contribution < 1.29 is 4.79 Å². The molecule has 1 amide bonds. The summed E-state index contributed by atoms with van der Waals surface area (Å²) in [4.78, 5) is 11.4. The fourth-order valence-electron chi connectivity index (χ4n) is 0.916. The molecule has 0 N–H and O–H groups in total. The highest BCUT2D eigenvalue weighted by Crippen LogP contribution is 2.37. The first kappa shape index (κ1) is 12.4. The molecule has 0 aliphatic rings. The number of rotatable bonds is 2. The molecule has 0 aromatic carbocycles. The minimum Gasteiger partial charge on any atom is -0.368 e. The first-order valence-electron chi connectivity index (χ1n) is 4.55. The van der Waals surface area contributed by atoms with Gasteiger partial charge in [0.05, 0.1) is 0 Å². The van der Waals surface area contributed by atoms with Gasteiger partial charge in [0.25, 0.3) is 0 Å². The Morgan fingerprint density at radius 2 is 1.77 bits per heavy atom. The average Bonchev–Trinajstić information content (AvgIpc) is 1.99. The Bertz CT molecular complexity index is 215. The number of hydrogen-bond acceptors (Lipinski definition) is 1. The van der Waals surface area contributed by atoms with Gasteiger partial charge in [0.15, 0.2) is 8.24 Å². The minimum absolute atomic E-state index is 0.0339. The highest BCUT2D eigenvalue weighted by atomic mass is 28.3. The molecule has 0 rings (SSSR count). The molecular formula is C10H21NOSi. The first-order valence-corrected chi connectivity index (χ1v) is 7.49. The van der Waals surface area contributed by atoms with Gasteiger partial charge in [0.2, 0.25) is 5.91 Å². The summed E-state index contributed by atoms with van der Waals surface area (Å²) in [6, 6.07) is 0. The zero-order valence-corrected chi connectivity index (χ0v) is 10.6. The van der Waals surface area contributed by atoms with E-state index in [-0.39, 0.29) is 10.9 Å². The van der Waals surface area contributed by atoms with Crippen LogP contribution in [0.2, 0.25) is 18.1 Å². The van der Waals surface area contributed by atoms with Crippen LogP contribution in [0, 0.1) is 0 Å². The molecule has 0 saturated heterocycles. The topological polar surface area (TPSA) is 20.3 Å². The van der Waals surface area contributed by atoms with Gasteiger partial charge < -0.3 is 4.57 Å². The maximum Gasteiger partial charge on any atom is 0.237 e. The number of hydrogen-bond donors (Lipinski definition) is 0. The summed E-state index contributed by atoms with van der Waals surface area (Å²) in [5, 5.41) is 0.195. The third-order valence-electron chi connectivity index (χ3n) is 3.18. The number of carbonyl (C=O) groups excluding carboxylic acids is 1. The minimum atomic E-state index is -1.68. The van der Waals surface area contributed by atoms with E-state index < -0.39 is 8.24 Å². The molecule has 0 bridgehead atoms. The van der Waals surface area contributed by atoms with Crippen LogP contribution >= 0.6 is 0 Å². The van der Waals surface area contributed by atoms with E-state index in [2.05, 4.69) is 40.4 Å². The first-order chi connectivity index (χ1) is 5.64. The van der Waals surface area contributed by atoms with Gasteiger partial charge in [-0.15, -0.1) is 0 Å². The van der Waals surface area contributed by atoms with Crippen molar-refractivity contribution in [1.82, 2.24) is 4.57 Å². The largest absolute Gasteiger partial charge is 0.368 e. The lowest BCUT2D eigenvalue weighted by molar-refractivity contribution is -0.121. The van der Waals surface area contributed by atoms with E-state index >= 15 is 0 Å². The number of nitrogens with zero attached hydrogens (tertiary/aromatic N) is 1. The molecule has 0 spiro atoms. The van der Waals surface area contributed by atoms with Crippen LogP contribution in [-0.2, 0) is 4.79 Å². The summed E-state index contributed by atoms with van der Waals surface area (Å²) >= 11 is 0. The zero-order valence-electron chi connectivity index (χ0n) is 9.64. The number of carbonyl (C=O) groups is 1. The Labute approximate surface area is 82.7 Å². The third kappa shape index (κ3) is 2.43. The Balaban J connectivity index is 4.84. The van der Waals surface area contributed by atoms with E-state index in [1.807, 2.05) is 11.6 Å². The van der Waals surface area contributed by atoms with Gasteiger partial charge in [-0.2, -0.15) is 0 Å². The van der Waals surface area contributed by atoms with E-state index in [9.17, 15) is 4.79 Å². The van der Waals surface area contributed by atoms with E-state index in [1.165, 1.54) is 6.08 Å². The molecule has 0 heterocycles. The van der Waals surface area contributed by atoms with Crippen molar-refractivity contribution in [2.24, 2.45) is 0 Å². The van der Waals surface area contributed by atoms with Crippen molar-refractivity contribution in [1.29, 1.82) is 0 Å². The molecule has 76 valence electrons. The van der Waals surface area contributed by atoms with Gasteiger partial charge in [-0.1, -0.05) is 40.4 Å². The predicted octanol–water partition coefficient (Wildman–Crippen LogP) is 2.64. The predicted molar refractivity (Wildman–Crippen MR) is 60.2 cm³/mol. The summed E-state index contributed by atoms with van der Waals surface area (Å²) < 4.78 is 1.88. The van der Waals surface area contributed by atoms with Gasteiger partial charge in [0.1, 0.15) is 0 Å². The van der Waals surface area contributed by atoms with Crippen LogP contribution in [0.25, 0.3) is 0 Å². The van der Waals surface area contributed by atoms with Crippen molar-refractivity contribution in [2.45, 2.75) is 38.9 Å². The van der Waals surface area contributed by atoms with E-state index in [4.69, 9.17) is 0 Å². The number of likely N-dealkylation sites (N-methyl/N-ethyl adjacent to an activating group) is 1. The third-order valence-corrected chi connectivity index (χ3v) is 8.75. The Morgan fingerprint density at radius 1 is 1.38 bits per heavy atom. The Hall–Kier alpha value is -0.573. The molecule has 2 nitrogen and oxygen atoms in total. The van der Waals surface area contributed by atoms with E-state index in [0.29, 0.717) is 0 Å². The van der Waals surface area contributed by atoms with Crippen molar-refractivity contribution in [3.05, 3.63) is 12.7 Å². The molecule has 0 aromatic rings. The molecule has 0 saturated carbocycles. The lowest BCUT2D eigenvalue weighted by atomic mass is 10.2. The van der Waals surface area contributed by atoms with Gasteiger partial charge in [-0.3, -0.25) is 4.79 Å². The van der Waals surface area contributed by atoms with Crippen LogP contribution in [0.4, 0.5) is 0 Å². The quantitative estimate of drug-likeness (QED) is 0.494. The van der Waals surface area contributed by atoms with Crippen LogP contribution in [0.3, 0.4) is 0 Å². The Kier molecular flexibility index (Phi) is 3.50. The summed E-state index contributed by atoms with van der Waals surface area (Å²) in [5.74, 6) is 0.0339. The van der Waals surface area contributed by atoms with Crippen LogP contribution in [0.15, 0.2) is 12.7 Å². The smallest absolute Gasteiger partial charge is 0.237 e. The molecule has 0 unspecified atom stereocenters. The second-order valence-corrected chi connectivity index (χ2v) is 10.2. The average molecular weight is 199 g/mol. The summed E-state index contributed by atoms with van der Waals surface area (Å²) in [6.45, 7) is 14.5. The maximum atomic E-state index is 11.4. The molecule has 0 fully saturated rings.